The minimum absolute atomic E-state index is 0.341. The van der Waals surface area contributed by atoms with E-state index in [4.69, 9.17) is 24.9 Å². The minimum atomic E-state index is -0.491. The van der Waals surface area contributed by atoms with Gasteiger partial charge in [0.15, 0.2) is 11.5 Å². The largest absolute Gasteiger partial charge is 0.493 e. The van der Waals surface area contributed by atoms with Crippen molar-refractivity contribution in [3.05, 3.63) is 64.2 Å². The molecule has 2 aromatic heterocycles. The third kappa shape index (κ3) is 4.09. The fourth-order valence-corrected chi connectivity index (χ4v) is 5.63. The summed E-state index contributed by atoms with van der Waals surface area (Å²) in [6, 6.07) is 13.2. The molecule has 1 aliphatic rings. The molecule has 180 valence electrons. The molecule has 5 rings (SSSR count). The molecule has 2 aromatic carbocycles. The van der Waals surface area contributed by atoms with Gasteiger partial charge in [-0.15, -0.1) is 11.3 Å². The summed E-state index contributed by atoms with van der Waals surface area (Å²) in [4.78, 5) is 21.4. The predicted molar refractivity (Wildman–Crippen MR) is 139 cm³/mol. The Morgan fingerprint density at radius 1 is 1.14 bits per heavy atom. The van der Waals surface area contributed by atoms with Crippen molar-refractivity contribution in [3.63, 3.8) is 0 Å². The van der Waals surface area contributed by atoms with Gasteiger partial charge in [0.2, 0.25) is 0 Å². The van der Waals surface area contributed by atoms with Crippen LogP contribution in [0.5, 0.6) is 17.2 Å². The van der Waals surface area contributed by atoms with Crippen LogP contribution in [-0.4, -0.2) is 43.7 Å². The number of nitrogens with zero attached hydrogens (tertiary/aromatic N) is 2. The third-order valence-electron chi connectivity index (χ3n) is 6.28. The van der Waals surface area contributed by atoms with E-state index in [1.807, 2.05) is 43.3 Å². The Balaban J connectivity index is 1.74. The highest BCUT2D eigenvalue weighted by molar-refractivity contribution is 7.21. The molecule has 1 aliphatic heterocycles. The number of hydrogen-bond acceptors (Lipinski definition) is 8. The molecular weight excluding hydrogens is 462 g/mol. The predicted octanol–water partition coefficient (Wildman–Crippen LogP) is 5.08. The number of anilines is 1. The number of esters is 1. The van der Waals surface area contributed by atoms with Crippen LogP contribution >= 0.6 is 11.3 Å². The molecule has 2 N–H and O–H groups in total. The number of rotatable bonds is 5. The van der Waals surface area contributed by atoms with E-state index in [2.05, 4.69) is 11.9 Å². The molecule has 0 spiro atoms. The lowest BCUT2D eigenvalue weighted by Crippen LogP contribution is -2.28. The van der Waals surface area contributed by atoms with Gasteiger partial charge in [0.05, 0.1) is 19.9 Å². The van der Waals surface area contributed by atoms with E-state index in [1.54, 1.807) is 20.3 Å². The van der Waals surface area contributed by atoms with Crippen molar-refractivity contribution < 1.29 is 19.0 Å². The summed E-state index contributed by atoms with van der Waals surface area (Å²) in [5.41, 5.74) is 11.9. The topological polar surface area (TPSA) is 86.9 Å². The molecule has 0 saturated carbocycles. The van der Waals surface area contributed by atoms with Gasteiger partial charge in [0, 0.05) is 41.7 Å². The number of aryl methyl sites for hydroxylation is 1. The average molecular weight is 490 g/mol. The van der Waals surface area contributed by atoms with Gasteiger partial charge < -0.3 is 24.8 Å². The van der Waals surface area contributed by atoms with Gasteiger partial charge in [0.25, 0.3) is 0 Å². The Bertz CT molecular complexity index is 1450. The van der Waals surface area contributed by atoms with Crippen LogP contribution in [0.2, 0.25) is 0 Å². The zero-order valence-corrected chi connectivity index (χ0v) is 21.0. The fraction of sp³-hybridized carbons (Fsp3) is 0.259. The van der Waals surface area contributed by atoms with Crippen LogP contribution < -0.4 is 19.9 Å². The lowest BCUT2D eigenvalue weighted by molar-refractivity contribution is 0.0741. The van der Waals surface area contributed by atoms with Crippen molar-refractivity contribution in [2.45, 2.75) is 19.9 Å². The number of pyridine rings is 1. The van der Waals surface area contributed by atoms with E-state index in [0.29, 0.717) is 39.2 Å². The molecule has 3 heterocycles. The van der Waals surface area contributed by atoms with Crippen molar-refractivity contribution in [2.24, 2.45) is 0 Å². The number of nitrogens with two attached hydrogens (primary N) is 1. The molecule has 7 nitrogen and oxygen atoms in total. The maximum Gasteiger partial charge on any atom is 0.355 e. The first-order valence-corrected chi connectivity index (χ1v) is 12.1. The molecule has 0 fully saturated rings. The molecule has 0 amide bonds. The van der Waals surface area contributed by atoms with E-state index >= 15 is 0 Å². The van der Waals surface area contributed by atoms with Crippen LogP contribution in [0.15, 0.2) is 42.5 Å². The number of methoxy groups -OCH3 is 2. The van der Waals surface area contributed by atoms with Gasteiger partial charge in [0.1, 0.15) is 15.5 Å². The number of thiophene rings is 1. The van der Waals surface area contributed by atoms with Gasteiger partial charge in [-0.3, -0.25) is 0 Å². The number of para-hydroxylation sites is 1. The molecule has 0 atom stereocenters. The Hall–Kier alpha value is -3.62. The number of benzene rings is 2. The lowest BCUT2D eigenvalue weighted by Gasteiger charge is -2.27. The summed E-state index contributed by atoms with van der Waals surface area (Å²) < 4.78 is 17.0. The standard InChI is InChI=1S/C27H27N3O4S/c1-15-7-5-8-16(13-15)34-27(31)25-23(28)22-21(17-9-6-10-20(32-3)24(17)33-4)18-14-30(2)12-11-19(18)29-26(22)35-25/h5-10,13H,11-12,14,28H2,1-4H3. The SMILES string of the molecule is COc1cccc(-c2c3c(nc4sc(C(=O)Oc5cccc(C)c5)c(N)c24)CCN(C)C3)c1OC. The number of carbonyl (C=O) groups excluding carboxylic acids is 1. The highest BCUT2D eigenvalue weighted by Crippen LogP contribution is 2.48. The molecular formula is C27H27N3O4S. The van der Waals surface area contributed by atoms with Gasteiger partial charge in [-0.1, -0.05) is 24.3 Å². The van der Waals surface area contributed by atoms with Crippen LogP contribution in [0.3, 0.4) is 0 Å². The molecule has 0 unspecified atom stereocenters. The monoisotopic (exact) mass is 489 g/mol. The first-order valence-electron chi connectivity index (χ1n) is 11.3. The van der Waals surface area contributed by atoms with Gasteiger partial charge >= 0.3 is 5.97 Å². The highest BCUT2D eigenvalue weighted by atomic mass is 32.1. The van der Waals surface area contributed by atoms with Gasteiger partial charge in [-0.25, -0.2) is 9.78 Å². The summed E-state index contributed by atoms with van der Waals surface area (Å²) in [6.45, 7) is 3.57. The molecule has 8 heteroatoms. The first-order chi connectivity index (χ1) is 16.9. The Kier molecular flexibility index (Phi) is 6.08. The Labute approximate surface area is 208 Å². The second-order valence-electron chi connectivity index (χ2n) is 8.67. The number of likely N-dealkylation sites (N-methyl/N-ethyl adjacent to an activating group) is 1. The normalized spacial score (nSPS) is 13.5. The van der Waals surface area contributed by atoms with E-state index in [-0.39, 0.29) is 0 Å². The maximum absolute atomic E-state index is 13.2. The summed E-state index contributed by atoms with van der Waals surface area (Å²) in [7, 11) is 5.33. The van der Waals surface area contributed by atoms with Crippen LogP contribution in [0.25, 0.3) is 21.3 Å². The minimum Gasteiger partial charge on any atom is -0.493 e. The molecule has 0 aliphatic carbocycles. The smallest absolute Gasteiger partial charge is 0.355 e. The van der Waals surface area contributed by atoms with Crippen molar-refractivity contribution >= 4 is 33.2 Å². The van der Waals surface area contributed by atoms with E-state index in [9.17, 15) is 4.79 Å². The number of carbonyl (C=O) groups is 1. The molecule has 0 radical (unpaired) electrons. The van der Waals surface area contributed by atoms with Crippen molar-refractivity contribution in [2.75, 3.05) is 33.5 Å². The summed E-state index contributed by atoms with van der Waals surface area (Å²) in [5.74, 6) is 1.23. The van der Waals surface area contributed by atoms with Crippen LogP contribution in [-0.2, 0) is 13.0 Å². The summed E-state index contributed by atoms with van der Waals surface area (Å²) >= 11 is 1.26. The summed E-state index contributed by atoms with van der Waals surface area (Å²) in [5, 5.41) is 0.742. The molecule has 0 saturated heterocycles. The molecule has 35 heavy (non-hydrogen) atoms. The third-order valence-corrected chi connectivity index (χ3v) is 7.36. The van der Waals surface area contributed by atoms with E-state index in [1.165, 1.54) is 11.3 Å². The fourth-order valence-electron chi connectivity index (χ4n) is 4.62. The number of nitrogen functional groups attached to an aromatic ring is 1. The van der Waals surface area contributed by atoms with Crippen molar-refractivity contribution in [3.8, 4) is 28.4 Å². The Morgan fingerprint density at radius 2 is 1.94 bits per heavy atom. The van der Waals surface area contributed by atoms with E-state index in [0.717, 1.165) is 46.3 Å². The van der Waals surface area contributed by atoms with Gasteiger partial charge in [-0.05, 0) is 43.3 Å². The summed E-state index contributed by atoms with van der Waals surface area (Å²) in [6.07, 6.45) is 0.807. The molecule has 4 aromatic rings. The quantitative estimate of drug-likeness (QED) is 0.309. The first kappa shape index (κ1) is 23.1. The maximum atomic E-state index is 13.2. The number of fused-ring (bicyclic) bond motifs is 2. The molecule has 0 bridgehead atoms. The second kappa shape index (κ2) is 9.20. The number of hydrogen-bond donors (Lipinski definition) is 1. The number of ether oxygens (including phenoxy) is 3. The van der Waals surface area contributed by atoms with E-state index < -0.39 is 5.97 Å². The zero-order chi connectivity index (χ0) is 24.7. The van der Waals surface area contributed by atoms with Crippen molar-refractivity contribution in [1.82, 2.24) is 9.88 Å². The number of aromatic nitrogens is 1. The lowest BCUT2D eigenvalue weighted by atomic mass is 9.91. The van der Waals surface area contributed by atoms with Crippen LogP contribution in [0, 0.1) is 6.92 Å². The Morgan fingerprint density at radius 3 is 2.69 bits per heavy atom. The van der Waals surface area contributed by atoms with Crippen LogP contribution in [0.1, 0.15) is 26.5 Å². The average Bonchev–Trinajstić information content (AvgIpc) is 3.18. The van der Waals surface area contributed by atoms with Crippen molar-refractivity contribution in [1.29, 1.82) is 0 Å². The van der Waals surface area contributed by atoms with Crippen LogP contribution in [0.4, 0.5) is 5.69 Å². The zero-order valence-electron chi connectivity index (χ0n) is 20.2. The highest BCUT2D eigenvalue weighted by Gasteiger charge is 2.29. The van der Waals surface area contributed by atoms with Gasteiger partial charge in [-0.2, -0.15) is 0 Å². The second-order valence-corrected chi connectivity index (χ2v) is 9.67.